The predicted octanol–water partition coefficient (Wildman–Crippen LogP) is 7.47. The number of nitrogens with zero attached hydrogens (tertiary/aromatic N) is 4. The summed E-state index contributed by atoms with van der Waals surface area (Å²) in [4.78, 5) is 33.8. The van der Waals surface area contributed by atoms with Crippen LogP contribution in [0.1, 0.15) is 108 Å². The number of nitrogens with one attached hydrogen (secondary N) is 1. The molecule has 1 aliphatic heterocycles. The van der Waals surface area contributed by atoms with Gasteiger partial charge in [-0.05, 0) is 132 Å². The van der Waals surface area contributed by atoms with Gasteiger partial charge >= 0.3 is 6.09 Å². The standard InChI is InChI=1S/C41H54FN5O6S/c1-27(2)47-25-30(23-44-47)34-22-37(43-24-35(34)42)46(26-40-13-16-41(17-14-40,18-15-40)31-7-10-36(52-4)28(3)21-31)38(48)29-5-8-33(9-6-29)53-39(49)45-32-11-19-54(50,51)20-12-32/h7,10,21-25,27,29,32-33H,5-6,8-9,11-20,26H2,1-4H3,(H,45,49). The molecule has 4 aliphatic carbocycles. The predicted molar refractivity (Wildman–Crippen MR) is 205 cm³/mol. The molecule has 1 saturated heterocycles. The minimum absolute atomic E-state index is 0.0215. The Bertz CT molecular complexity index is 1930. The first-order chi connectivity index (χ1) is 25.8. The van der Waals surface area contributed by atoms with Gasteiger partial charge in [0.05, 0.1) is 31.0 Å². The zero-order valence-corrected chi connectivity index (χ0v) is 32.8. The maximum atomic E-state index is 15.4. The Hall–Kier alpha value is -4.00. The van der Waals surface area contributed by atoms with E-state index < -0.39 is 21.7 Å². The van der Waals surface area contributed by atoms with Gasteiger partial charge in [0.15, 0.2) is 0 Å². The zero-order valence-electron chi connectivity index (χ0n) is 32.0. The smallest absolute Gasteiger partial charge is 0.407 e. The summed E-state index contributed by atoms with van der Waals surface area (Å²) >= 11 is 0. The second-order valence-corrected chi connectivity index (χ2v) is 19.0. The number of methoxy groups -OCH3 is 1. The van der Waals surface area contributed by atoms with Crippen LogP contribution >= 0.6 is 0 Å². The Morgan fingerprint density at radius 1 is 1.00 bits per heavy atom. The van der Waals surface area contributed by atoms with Gasteiger partial charge in [-0.2, -0.15) is 5.10 Å². The maximum absolute atomic E-state index is 15.4. The van der Waals surface area contributed by atoms with E-state index in [0.717, 1.165) is 49.8 Å². The summed E-state index contributed by atoms with van der Waals surface area (Å²) in [5, 5.41) is 7.27. The van der Waals surface area contributed by atoms with Gasteiger partial charge in [0.25, 0.3) is 0 Å². The molecule has 0 spiro atoms. The van der Waals surface area contributed by atoms with Crippen LogP contribution in [-0.2, 0) is 24.8 Å². The van der Waals surface area contributed by atoms with E-state index in [1.807, 2.05) is 24.9 Å². The molecule has 0 atom stereocenters. The van der Waals surface area contributed by atoms with Crippen molar-refractivity contribution in [2.45, 2.75) is 121 Å². The molecule has 0 unspecified atom stereocenters. The van der Waals surface area contributed by atoms with Gasteiger partial charge in [0.1, 0.15) is 33.3 Å². The number of aromatic nitrogens is 3. The van der Waals surface area contributed by atoms with Crippen molar-refractivity contribution in [1.29, 1.82) is 0 Å². The number of ether oxygens (including phenoxy) is 2. The van der Waals surface area contributed by atoms with E-state index in [9.17, 15) is 18.0 Å². The van der Waals surface area contributed by atoms with Crippen molar-refractivity contribution in [3.8, 4) is 16.9 Å². The Morgan fingerprint density at radius 2 is 1.69 bits per heavy atom. The molecule has 292 valence electrons. The molecule has 2 aromatic heterocycles. The minimum Gasteiger partial charge on any atom is -0.496 e. The molecular formula is C41H54FN5O6S. The Labute approximate surface area is 318 Å². The number of alkyl carbamates (subject to hydrolysis) is 1. The van der Waals surface area contributed by atoms with E-state index in [1.165, 1.54) is 11.8 Å². The lowest BCUT2D eigenvalue weighted by atomic mass is 9.51. The van der Waals surface area contributed by atoms with Crippen molar-refractivity contribution in [2.24, 2.45) is 11.3 Å². The number of pyridine rings is 1. The van der Waals surface area contributed by atoms with Crippen LogP contribution in [0.4, 0.5) is 15.0 Å². The first-order valence-electron chi connectivity index (χ1n) is 19.6. The van der Waals surface area contributed by atoms with Crippen molar-refractivity contribution in [2.75, 3.05) is 30.1 Å². The number of hydrogen-bond donors (Lipinski definition) is 1. The zero-order chi connectivity index (χ0) is 38.3. The first-order valence-corrected chi connectivity index (χ1v) is 21.4. The normalized spacial score (nSPS) is 26.7. The molecular weight excluding hydrogens is 710 g/mol. The lowest BCUT2D eigenvalue weighted by molar-refractivity contribution is -0.124. The number of benzene rings is 1. The van der Waals surface area contributed by atoms with Crippen LogP contribution in [0.3, 0.4) is 0 Å². The van der Waals surface area contributed by atoms with E-state index in [4.69, 9.17) is 9.47 Å². The lowest BCUT2D eigenvalue weighted by Gasteiger charge is -2.55. The molecule has 2 bridgehead atoms. The van der Waals surface area contributed by atoms with Crippen LogP contribution in [0.2, 0.25) is 0 Å². The van der Waals surface area contributed by atoms with Crippen LogP contribution in [0.15, 0.2) is 42.9 Å². The highest BCUT2D eigenvalue weighted by atomic mass is 32.2. The number of fused-ring (bicyclic) bond motifs is 3. The fraction of sp³-hybridized carbons (Fsp3) is 0.610. The molecule has 5 fully saturated rings. The summed E-state index contributed by atoms with van der Waals surface area (Å²) in [7, 11) is -1.33. The molecule has 11 nitrogen and oxygen atoms in total. The van der Waals surface area contributed by atoms with E-state index in [2.05, 4.69) is 40.5 Å². The Kier molecular flexibility index (Phi) is 10.8. The number of amides is 2. The summed E-state index contributed by atoms with van der Waals surface area (Å²) in [6, 6.07) is 8.18. The summed E-state index contributed by atoms with van der Waals surface area (Å²) in [6.07, 6.45) is 12.9. The monoisotopic (exact) mass is 763 g/mol. The summed E-state index contributed by atoms with van der Waals surface area (Å²) < 4.78 is 52.1. The number of carbonyl (C=O) groups is 2. The third kappa shape index (κ3) is 8.02. The molecule has 8 rings (SSSR count). The highest BCUT2D eigenvalue weighted by Crippen LogP contribution is 2.58. The van der Waals surface area contributed by atoms with Gasteiger partial charge in [-0.1, -0.05) is 12.1 Å². The molecule has 3 aromatic rings. The molecule has 0 radical (unpaired) electrons. The SMILES string of the molecule is COc1ccc(C23CCC(CN(C(=O)C4CCC(OC(=O)NC5CCS(=O)(=O)CC5)CC4)c4cc(-c5cnn(C(C)C)c5)c(F)cn4)(CC2)CC3)cc1C. The van der Waals surface area contributed by atoms with Gasteiger partial charge in [0, 0.05) is 41.9 Å². The van der Waals surface area contributed by atoms with Crippen LogP contribution in [0.25, 0.3) is 11.1 Å². The molecule has 1 aromatic carbocycles. The van der Waals surface area contributed by atoms with E-state index in [-0.39, 0.29) is 52.3 Å². The number of hydrogen-bond acceptors (Lipinski definition) is 8. The molecule has 4 saturated carbocycles. The highest BCUT2D eigenvalue weighted by molar-refractivity contribution is 7.91. The second-order valence-electron chi connectivity index (χ2n) is 16.7. The minimum atomic E-state index is -3.03. The molecule has 2 amide bonds. The average Bonchev–Trinajstić information content (AvgIpc) is 3.67. The van der Waals surface area contributed by atoms with Crippen LogP contribution in [-0.4, -0.2) is 72.5 Å². The van der Waals surface area contributed by atoms with Crippen molar-refractivity contribution in [3.05, 3.63) is 59.8 Å². The molecule has 13 heteroatoms. The second kappa shape index (κ2) is 15.3. The van der Waals surface area contributed by atoms with Gasteiger partial charge in [-0.25, -0.2) is 22.6 Å². The summed E-state index contributed by atoms with van der Waals surface area (Å²) in [5.41, 5.74) is 3.55. The third-order valence-corrected chi connectivity index (χ3v) is 14.6. The van der Waals surface area contributed by atoms with Gasteiger partial charge in [0.2, 0.25) is 5.91 Å². The molecule has 54 heavy (non-hydrogen) atoms. The molecule has 3 heterocycles. The van der Waals surface area contributed by atoms with Crippen LogP contribution in [0.5, 0.6) is 5.75 Å². The van der Waals surface area contributed by atoms with Gasteiger partial charge in [-0.3, -0.25) is 14.4 Å². The molecule has 5 aliphatic rings. The van der Waals surface area contributed by atoms with Crippen molar-refractivity contribution in [1.82, 2.24) is 20.1 Å². The first kappa shape index (κ1) is 38.3. The number of sulfone groups is 1. The van der Waals surface area contributed by atoms with E-state index in [1.54, 1.807) is 24.1 Å². The maximum Gasteiger partial charge on any atom is 0.407 e. The summed E-state index contributed by atoms with van der Waals surface area (Å²) in [5.74, 6) is 0.705. The highest BCUT2D eigenvalue weighted by Gasteiger charge is 2.51. The number of halogens is 1. The topological polar surface area (TPSA) is 133 Å². The quantitative estimate of drug-likeness (QED) is 0.225. The Balaban J connectivity index is 1.07. The van der Waals surface area contributed by atoms with Gasteiger partial charge in [-0.15, -0.1) is 0 Å². The summed E-state index contributed by atoms with van der Waals surface area (Å²) in [6.45, 7) is 6.64. The van der Waals surface area contributed by atoms with Crippen LogP contribution in [0, 0.1) is 24.1 Å². The van der Waals surface area contributed by atoms with E-state index in [0.29, 0.717) is 62.0 Å². The van der Waals surface area contributed by atoms with Gasteiger partial charge < -0.3 is 14.8 Å². The largest absolute Gasteiger partial charge is 0.496 e. The fourth-order valence-electron chi connectivity index (χ4n) is 9.34. The average molecular weight is 764 g/mol. The van der Waals surface area contributed by atoms with E-state index >= 15 is 4.39 Å². The van der Waals surface area contributed by atoms with Crippen molar-refractivity contribution >= 4 is 27.7 Å². The van der Waals surface area contributed by atoms with Crippen molar-refractivity contribution < 1.29 is 31.9 Å². The van der Waals surface area contributed by atoms with Crippen LogP contribution < -0.4 is 15.0 Å². The Morgan fingerprint density at radius 3 is 2.30 bits per heavy atom. The lowest BCUT2D eigenvalue weighted by Crippen LogP contribution is -2.52. The fourth-order valence-corrected chi connectivity index (χ4v) is 10.8. The number of aryl methyl sites for hydroxylation is 1. The third-order valence-electron chi connectivity index (χ3n) is 12.9. The molecule has 1 N–H and O–H groups in total. The number of carbonyl (C=O) groups excluding carboxylic acids is 2. The number of anilines is 1. The number of rotatable bonds is 10. The van der Waals surface area contributed by atoms with Crippen molar-refractivity contribution in [3.63, 3.8) is 0 Å².